The van der Waals surface area contributed by atoms with Crippen molar-refractivity contribution in [1.82, 2.24) is 25.6 Å². The second-order valence-corrected chi connectivity index (χ2v) is 15.4. The summed E-state index contributed by atoms with van der Waals surface area (Å²) in [5.41, 5.74) is 11.7. The number of nitrogens with one attached hydrogen (secondary N) is 2. The number of ether oxygens (including phenoxy) is 2. The van der Waals surface area contributed by atoms with Crippen molar-refractivity contribution in [3.8, 4) is 45.2 Å². The zero-order valence-electron chi connectivity index (χ0n) is 34.5. The highest BCUT2D eigenvalue weighted by molar-refractivity contribution is 6.32. The summed E-state index contributed by atoms with van der Waals surface area (Å²) in [6.45, 7) is 8.06. The number of carbonyl (C=O) groups excluding carboxylic acids is 2. The van der Waals surface area contributed by atoms with Gasteiger partial charge in [0.15, 0.2) is 0 Å². The Labute approximate surface area is 377 Å². The molecule has 12 nitrogen and oxygen atoms in total. The molecule has 0 saturated carbocycles. The van der Waals surface area contributed by atoms with Gasteiger partial charge in [-0.2, -0.15) is 4.68 Å². The van der Waals surface area contributed by atoms with E-state index in [2.05, 4.69) is 22.7 Å². The van der Waals surface area contributed by atoms with Gasteiger partial charge in [0.05, 0.1) is 35.3 Å². The summed E-state index contributed by atoms with van der Waals surface area (Å²) < 4.78 is 17.9. The van der Waals surface area contributed by atoms with Crippen LogP contribution < -0.4 is 31.9 Å². The fourth-order valence-electron chi connectivity index (χ4n) is 6.15. The molecular weight excluding hydrogens is 839 g/mol. The number of benzene rings is 6. The minimum atomic E-state index is -0.656. The fraction of sp³-hybridized carbons (Fsp3) is 0.184. The average Bonchev–Trinajstić information content (AvgIpc) is 3.64. The second-order valence-electron chi connectivity index (χ2n) is 14.6. The molecule has 7 rings (SSSR count). The quantitative estimate of drug-likeness (QED) is 0.0622. The van der Waals surface area contributed by atoms with Gasteiger partial charge < -0.3 is 13.9 Å². The van der Waals surface area contributed by atoms with Crippen molar-refractivity contribution in [3.05, 3.63) is 183 Å². The first-order chi connectivity index (χ1) is 29.9. The van der Waals surface area contributed by atoms with Gasteiger partial charge in [0.2, 0.25) is 5.89 Å². The van der Waals surface area contributed by atoms with Crippen molar-refractivity contribution >= 4 is 35.1 Å². The molecule has 326 valence electrons. The largest absolute Gasteiger partial charge is 0.489 e. The van der Waals surface area contributed by atoms with Crippen molar-refractivity contribution in [2.24, 2.45) is 5.84 Å². The number of carbonyl (C=O) groups is 2. The minimum Gasteiger partial charge on any atom is -0.489 e. The summed E-state index contributed by atoms with van der Waals surface area (Å²) in [6, 6.07) is 45.0. The van der Waals surface area contributed by atoms with E-state index in [1.54, 1.807) is 30.3 Å². The maximum absolute atomic E-state index is 12.7. The van der Waals surface area contributed by atoms with Crippen LogP contribution in [-0.2, 0) is 13.1 Å². The first-order valence-corrected chi connectivity index (χ1v) is 20.5. The van der Waals surface area contributed by atoms with Gasteiger partial charge in [-0.3, -0.25) is 15.6 Å². The van der Waals surface area contributed by atoms with Crippen LogP contribution in [0.3, 0.4) is 0 Å². The number of nitrogens with two attached hydrogens (primary N) is 1. The van der Waals surface area contributed by atoms with E-state index in [1.807, 2.05) is 130 Å². The fourth-order valence-corrected chi connectivity index (χ4v) is 6.60. The highest BCUT2D eigenvalue weighted by atomic mass is 35.5. The van der Waals surface area contributed by atoms with E-state index in [0.717, 1.165) is 38.4 Å². The molecule has 1 heterocycles. The van der Waals surface area contributed by atoms with Crippen LogP contribution in [0, 0.1) is 0 Å². The molecule has 7 aromatic rings. The number of halogens is 2. The number of rotatable bonds is 12. The van der Waals surface area contributed by atoms with Crippen molar-refractivity contribution in [3.63, 3.8) is 0 Å². The Balaban J connectivity index is 0.000000234. The van der Waals surface area contributed by atoms with Crippen LogP contribution in [0.1, 0.15) is 56.6 Å². The monoisotopic (exact) mass is 888 g/mol. The van der Waals surface area contributed by atoms with Gasteiger partial charge >= 0.3 is 11.8 Å². The lowest BCUT2D eigenvalue weighted by atomic mass is 10.0. The van der Waals surface area contributed by atoms with E-state index in [9.17, 15) is 14.4 Å². The summed E-state index contributed by atoms with van der Waals surface area (Å²) in [4.78, 5) is 37.2. The highest BCUT2D eigenvalue weighted by Crippen LogP contribution is 2.31. The zero-order valence-corrected chi connectivity index (χ0v) is 36.1. The molecule has 0 radical (unpaired) electrons. The third-order valence-corrected chi connectivity index (χ3v) is 9.70. The average molecular weight is 890 g/mol. The Bertz CT molecular complexity index is 2640. The van der Waals surface area contributed by atoms with Crippen LogP contribution >= 0.6 is 23.2 Å². The van der Waals surface area contributed by atoms with Crippen molar-refractivity contribution in [2.45, 2.75) is 60.4 Å². The first kappa shape index (κ1) is 47.2. The maximum atomic E-state index is 12.7. The van der Waals surface area contributed by atoms with Gasteiger partial charge in [0.25, 0.3) is 5.91 Å². The van der Waals surface area contributed by atoms with Gasteiger partial charge in [-0.05, 0) is 97.5 Å². The van der Waals surface area contributed by atoms with Gasteiger partial charge in [-0.1, -0.05) is 140 Å². The number of hydrazine groups is 2. The minimum absolute atomic E-state index is 0. The number of amides is 3. The summed E-state index contributed by atoms with van der Waals surface area (Å²) in [5.74, 6) is 5.56. The predicted molar refractivity (Wildman–Crippen MR) is 250 cm³/mol. The van der Waals surface area contributed by atoms with Crippen molar-refractivity contribution < 1.29 is 23.5 Å². The summed E-state index contributed by atoms with van der Waals surface area (Å²) in [6.07, 6.45) is -0.0389. The molecule has 1 aromatic heterocycles. The second kappa shape index (κ2) is 22.3. The van der Waals surface area contributed by atoms with Gasteiger partial charge in [-0.15, -0.1) is 5.10 Å². The van der Waals surface area contributed by atoms with E-state index in [0.29, 0.717) is 33.7 Å². The lowest BCUT2D eigenvalue weighted by molar-refractivity contribution is 0.0817. The molecule has 63 heavy (non-hydrogen) atoms. The molecule has 3 amide bonds. The van der Waals surface area contributed by atoms with Crippen LogP contribution in [0.5, 0.6) is 11.5 Å². The summed E-state index contributed by atoms with van der Waals surface area (Å²) >= 11 is 12.5. The van der Waals surface area contributed by atoms with E-state index < -0.39 is 17.7 Å². The van der Waals surface area contributed by atoms with E-state index in [1.165, 1.54) is 10.7 Å². The molecule has 0 atom stereocenters. The third-order valence-electron chi connectivity index (χ3n) is 9.10. The summed E-state index contributed by atoms with van der Waals surface area (Å²) in [7, 11) is 0. The molecule has 0 aliphatic heterocycles. The van der Waals surface area contributed by atoms with Gasteiger partial charge in [-0.25, -0.2) is 20.4 Å². The van der Waals surface area contributed by atoms with Crippen molar-refractivity contribution in [1.29, 1.82) is 0 Å². The number of hydrogen-bond acceptors (Lipinski definition) is 8. The summed E-state index contributed by atoms with van der Waals surface area (Å²) in [5, 5.41) is 6.17. The molecule has 0 bridgehead atoms. The lowest BCUT2D eigenvalue weighted by Gasteiger charge is -2.23. The molecular formula is C49H50Cl2N6O6. The first-order valence-electron chi connectivity index (χ1n) is 19.8. The Morgan fingerprint density at radius 3 is 1.65 bits per heavy atom. The van der Waals surface area contributed by atoms with Crippen LogP contribution in [0.25, 0.3) is 33.7 Å². The molecule has 0 spiro atoms. The standard InChI is InChI=1S/C24H25ClN4O3.C24H21ClN2O3.CH4/c1-16(2)32-22-13-12-20(14-21(22)25)23(30)28-29(24(31)27-26)15-17-8-10-19(11-9-17)18-6-4-3-5-7-18;1-16(2)29-22-13-12-20(14-21(22)25)23-26-27(24(28)30-23)15-17-8-10-19(11-9-17)18-6-4-3-5-7-18;/h3-14,16H,15,26H2,1-2H3,(H,27,31)(H,28,30);3-14,16H,15H2,1-2H3;1H4. The smallest absolute Gasteiger partial charge is 0.437 e. The number of aromatic nitrogens is 2. The van der Waals surface area contributed by atoms with Crippen LogP contribution in [0.15, 0.2) is 155 Å². The highest BCUT2D eigenvalue weighted by Gasteiger charge is 2.19. The Hall–Kier alpha value is -6.86. The SMILES string of the molecule is C.CC(C)Oc1ccc(-c2nn(Cc3ccc(-c4ccccc4)cc3)c(=O)o2)cc1Cl.CC(C)Oc1ccc(C(=O)NN(Cc2ccc(-c3ccccc3)cc2)C(=O)NN)cc1Cl. The predicted octanol–water partition coefficient (Wildman–Crippen LogP) is 10.8. The number of hydrogen-bond donors (Lipinski definition) is 3. The molecule has 0 aliphatic rings. The van der Waals surface area contributed by atoms with Gasteiger partial charge in [0.1, 0.15) is 11.5 Å². The maximum Gasteiger partial charge on any atom is 0.437 e. The Morgan fingerprint density at radius 2 is 1.16 bits per heavy atom. The molecule has 0 aliphatic carbocycles. The lowest BCUT2D eigenvalue weighted by Crippen LogP contribution is -2.52. The molecule has 0 saturated heterocycles. The Kier molecular flexibility index (Phi) is 16.7. The molecule has 4 N–H and O–H groups in total. The van der Waals surface area contributed by atoms with Crippen LogP contribution in [0.4, 0.5) is 4.79 Å². The normalized spacial score (nSPS) is 10.6. The topological polar surface area (TPSA) is 154 Å². The molecule has 0 unspecified atom stereocenters. The molecule has 6 aromatic carbocycles. The number of urea groups is 1. The van der Waals surface area contributed by atoms with Crippen LogP contribution in [-0.4, -0.2) is 38.9 Å². The van der Waals surface area contributed by atoms with E-state index in [4.69, 9.17) is 42.9 Å². The number of nitrogens with zero attached hydrogens (tertiary/aromatic N) is 3. The molecule has 14 heteroatoms. The zero-order chi connectivity index (χ0) is 44.2. The third kappa shape index (κ3) is 13.1. The van der Waals surface area contributed by atoms with E-state index in [-0.39, 0.29) is 37.6 Å². The van der Waals surface area contributed by atoms with E-state index >= 15 is 0 Å². The van der Waals surface area contributed by atoms with Gasteiger partial charge in [0, 0.05) is 11.1 Å². The molecule has 0 fully saturated rings. The van der Waals surface area contributed by atoms with Crippen molar-refractivity contribution in [2.75, 3.05) is 0 Å². The Morgan fingerprint density at radius 1 is 0.683 bits per heavy atom. The van der Waals surface area contributed by atoms with Crippen LogP contribution in [0.2, 0.25) is 10.0 Å².